The van der Waals surface area contributed by atoms with E-state index in [2.05, 4.69) is 26.1 Å². The Labute approximate surface area is 134 Å². The first kappa shape index (κ1) is 16.4. The Balaban J connectivity index is 2.06. The van der Waals surface area contributed by atoms with Crippen LogP contribution in [-0.2, 0) is 6.54 Å². The SMILES string of the molecule is CNCCC1CCCCN1Cc1ccc([N+](=O)[O-])cc1Br. The van der Waals surface area contributed by atoms with Gasteiger partial charge in [0.2, 0.25) is 0 Å². The third kappa shape index (κ3) is 4.49. The molecule has 21 heavy (non-hydrogen) atoms. The molecule has 1 unspecified atom stereocenters. The molecule has 1 aliphatic heterocycles. The van der Waals surface area contributed by atoms with Crippen LogP contribution in [0.3, 0.4) is 0 Å². The van der Waals surface area contributed by atoms with Gasteiger partial charge in [-0.2, -0.15) is 0 Å². The first-order chi connectivity index (χ1) is 10.1. The summed E-state index contributed by atoms with van der Waals surface area (Å²) in [6.45, 7) is 2.99. The number of non-ortho nitro benzene ring substituents is 1. The lowest BCUT2D eigenvalue weighted by molar-refractivity contribution is -0.384. The Kier molecular flexibility index (Phi) is 6.14. The summed E-state index contributed by atoms with van der Waals surface area (Å²) in [5, 5.41) is 14.0. The fraction of sp³-hybridized carbons (Fsp3) is 0.600. The molecule has 0 saturated carbocycles. The summed E-state index contributed by atoms with van der Waals surface area (Å²) in [6.07, 6.45) is 4.93. The van der Waals surface area contributed by atoms with Gasteiger partial charge in [0.15, 0.2) is 0 Å². The Morgan fingerprint density at radius 2 is 2.29 bits per heavy atom. The quantitative estimate of drug-likeness (QED) is 0.628. The van der Waals surface area contributed by atoms with Gasteiger partial charge >= 0.3 is 0 Å². The zero-order valence-electron chi connectivity index (χ0n) is 12.3. The summed E-state index contributed by atoms with van der Waals surface area (Å²) >= 11 is 3.47. The number of hydrogen-bond donors (Lipinski definition) is 1. The van der Waals surface area contributed by atoms with E-state index in [9.17, 15) is 10.1 Å². The smallest absolute Gasteiger partial charge is 0.270 e. The number of benzene rings is 1. The second kappa shape index (κ2) is 7.87. The van der Waals surface area contributed by atoms with E-state index in [4.69, 9.17) is 0 Å². The van der Waals surface area contributed by atoms with Crippen molar-refractivity contribution < 1.29 is 4.92 Å². The van der Waals surface area contributed by atoms with Crippen molar-refractivity contribution in [1.82, 2.24) is 10.2 Å². The molecule has 1 aromatic rings. The van der Waals surface area contributed by atoms with Gasteiger partial charge in [-0.3, -0.25) is 15.0 Å². The molecule has 0 bridgehead atoms. The van der Waals surface area contributed by atoms with Gasteiger partial charge in [0.05, 0.1) is 4.92 Å². The Morgan fingerprint density at radius 3 is 2.95 bits per heavy atom. The van der Waals surface area contributed by atoms with Gasteiger partial charge in [-0.05, 0) is 51.0 Å². The van der Waals surface area contributed by atoms with Crippen LogP contribution in [0.25, 0.3) is 0 Å². The first-order valence-electron chi connectivity index (χ1n) is 7.43. The highest BCUT2D eigenvalue weighted by molar-refractivity contribution is 9.10. The number of nitrogens with zero attached hydrogens (tertiary/aromatic N) is 2. The van der Waals surface area contributed by atoms with Crippen molar-refractivity contribution in [1.29, 1.82) is 0 Å². The number of likely N-dealkylation sites (tertiary alicyclic amines) is 1. The van der Waals surface area contributed by atoms with Crippen LogP contribution in [-0.4, -0.2) is 36.0 Å². The van der Waals surface area contributed by atoms with E-state index in [1.807, 2.05) is 13.1 Å². The van der Waals surface area contributed by atoms with Crippen LogP contribution >= 0.6 is 15.9 Å². The Hall–Kier alpha value is -0.980. The van der Waals surface area contributed by atoms with Gasteiger partial charge in [0.25, 0.3) is 5.69 Å². The standard InChI is InChI=1S/C15H22BrN3O2/c1-17-8-7-13-4-2-3-9-18(13)11-12-5-6-14(19(20)21)10-15(12)16/h5-6,10,13,17H,2-4,7-9,11H2,1H3. The predicted molar refractivity (Wildman–Crippen MR) is 87.4 cm³/mol. The van der Waals surface area contributed by atoms with E-state index in [0.29, 0.717) is 6.04 Å². The topological polar surface area (TPSA) is 58.4 Å². The summed E-state index contributed by atoms with van der Waals surface area (Å²) in [7, 11) is 1.99. The average molecular weight is 356 g/mol. The lowest BCUT2D eigenvalue weighted by Gasteiger charge is -2.36. The molecule has 0 radical (unpaired) electrons. The number of piperidine rings is 1. The molecule has 1 aliphatic rings. The molecule has 1 saturated heterocycles. The number of nitrogens with one attached hydrogen (secondary N) is 1. The molecular weight excluding hydrogens is 334 g/mol. The van der Waals surface area contributed by atoms with Crippen LogP contribution < -0.4 is 5.32 Å². The molecule has 6 heteroatoms. The van der Waals surface area contributed by atoms with Crippen molar-refractivity contribution in [3.05, 3.63) is 38.3 Å². The van der Waals surface area contributed by atoms with Gasteiger partial charge < -0.3 is 5.32 Å². The van der Waals surface area contributed by atoms with Crippen LogP contribution in [0.15, 0.2) is 22.7 Å². The minimum absolute atomic E-state index is 0.135. The summed E-state index contributed by atoms with van der Waals surface area (Å²) in [5.74, 6) is 0. The van der Waals surface area contributed by atoms with Gasteiger partial charge in [0, 0.05) is 29.2 Å². The van der Waals surface area contributed by atoms with Crippen molar-refractivity contribution in [3.63, 3.8) is 0 Å². The summed E-state index contributed by atoms with van der Waals surface area (Å²) in [6, 6.07) is 5.66. The van der Waals surface area contributed by atoms with Crippen molar-refractivity contribution in [2.75, 3.05) is 20.1 Å². The maximum Gasteiger partial charge on any atom is 0.270 e. The molecular formula is C15H22BrN3O2. The summed E-state index contributed by atoms with van der Waals surface area (Å²) in [4.78, 5) is 12.9. The maximum atomic E-state index is 10.8. The van der Waals surface area contributed by atoms with Crippen molar-refractivity contribution in [2.45, 2.75) is 38.3 Å². The molecule has 1 N–H and O–H groups in total. The molecule has 0 spiro atoms. The maximum absolute atomic E-state index is 10.8. The van der Waals surface area contributed by atoms with E-state index < -0.39 is 0 Å². The van der Waals surface area contributed by atoms with Crippen molar-refractivity contribution >= 4 is 21.6 Å². The lowest BCUT2D eigenvalue weighted by atomic mass is 9.98. The van der Waals surface area contributed by atoms with Gasteiger partial charge in [-0.25, -0.2) is 0 Å². The van der Waals surface area contributed by atoms with Crippen LogP contribution in [0.4, 0.5) is 5.69 Å². The minimum Gasteiger partial charge on any atom is -0.320 e. The Bertz CT molecular complexity index is 496. The van der Waals surface area contributed by atoms with E-state index in [1.54, 1.807) is 12.1 Å². The molecule has 5 nitrogen and oxygen atoms in total. The van der Waals surface area contributed by atoms with Crippen LogP contribution in [0, 0.1) is 10.1 Å². The summed E-state index contributed by atoms with van der Waals surface area (Å²) in [5.41, 5.74) is 1.26. The summed E-state index contributed by atoms with van der Waals surface area (Å²) < 4.78 is 0.828. The molecule has 1 heterocycles. The molecule has 0 aliphatic carbocycles. The van der Waals surface area contributed by atoms with Gasteiger partial charge in [0.1, 0.15) is 0 Å². The fourth-order valence-electron chi connectivity index (χ4n) is 2.90. The van der Waals surface area contributed by atoms with E-state index >= 15 is 0 Å². The molecule has 0 aromatic heterocycles. The minimum atomic E-state index is -0.356. The van der Waals surface area contributed by atoms with E-state index in [1.165, 1.54) is 19.3 Å². The third-order valence-electron chi connectivity index (χ3n) is 4.10. The molecule has 0 amide bonds. The predicted octanol–water partition coefficient (Wildman–Crippen LogP) is 3.32. The highest BCUT2D eigenvalue weighted by Crippen LogP contribution is 2.27. The highest BCUT2D eigenvalue weighted by atomic mass is 79.9. The molecule has 1 aromatic carbocycles. The lowest BCUT2D eigenvalue weighted by Crippen LogP contribution is -2.40. The van der Waals surface area contributed by atoms with E-state index in [0.717, 1.165) is 36.1 Å². The molecule has 116 valence electrons. The fourth-order valence-corrected chi connectivity index (χ4v) is 3.39. The normalized spacial score (nSPS) is 19.6. The van der Waals surface area contributed by atoms with Gasteiger partial charge in [-0.15, -0.1) is 0 Å². The second-order valence-corrected chi connectivity index (χ2v) is 6.40. The first-order valence-corrected chi connectivity index (χ1v) is 8.22. The average Bonchev–Trinajstić information content (AvgIpc) is 2.48. The zero-order valence-corrected chi connectivity index (χ0v) is 13.9. The molecule has 1 fully saturated rings. The van der Waals surface area contributed by atoms with Crippen molar-refractivity contribution in [2.24, 2.45) is 0 Å². The number of nitro groups is 1. The zero-order chi connectivity index (χ0) is 15.2. The second-order valence-electron chi connectivity index (χ2n) is 5.55. The van der Waals surface area contributed by atoms with Crippen LogP contribution in [0.1, 0.15) is 31.2 Å². The number of halogens is 1. The molecule has 1 atom stereocenters. The highest BCUT2D eigenvalue weighted by Gasteiger charge is 2.22. The molecule has 2 rings (SSSR count). The largest absolute Gasteiger partial charge is 0.320 e. The number of hydrogen-bond acceptors (Lipinski definition) is 4. The number of nitro benzene ring substituents is 1. The van der Waals surface area contributed by atoms with Crippen LogP contribution in [0.2, 0.25) is 0 Å². The van der Waals surface area contributed by atoms with Crippen molar-refractivity contribution in [3.8, 4) is 0 Å². The third-order valence-corrected chi connectivity index (χ3v) is 4.84. The van der Waals surface area contributed by atoms with E-state index in [-0.39, 0.29) is 10.6 Å². The van der Waals surface area contributed by atoms with Gasteiger partial charge in [-0.1, -0.05) is 22.4 Å². The Morgan fingerprint density at radius 1 is 1.48 bits per heavy atom. The number of rotatable bonds is 6. The van der Waals surface area contributed by atoms with Crippen LogP contribution in [0.5, 0.6) is 0 Å². The monoisotopic (exact) mass is 355 g/mol.